The average molecular weight is 243 g/mol. The van der Waals surface area contributed by atoms with E-state index in [-0.39, 0.29) is 0 Å². The first-order valence-electron chi connectivity index (χ1n) is 6.58. The van der Waals surface area contributed by atoms with Gasteiger partial charge in [0.15, 0.2) is 0 Å². The van der Waals surface area contributed by atoms with Crippen molar-refractivity contribution in [2.45, 2.75) is 20.3 Å². The van der Waals surface area contributed by atoms with Crippen LogP contribution in [0.15, 0.2) is 30.5 Å². The number of methoxy groups -OCH3 is 1. The van der Waals surface area contributed by atoms with Crippen molar-refractivity contribution in [1.82, 2.24) is 4.90 Å². The Labute approximate surface area is 110 Å². The number of fused-ring (bicyclic) bond motifs is 1. The van der Waals surface area contributed by atoms with Crippen LogP contribution < -0.4 is 4.74 Å². The fraction of sp³-hybridized carbons (Fsp3) is 0.375. The lowest BCUT2D eigenvalue weighted by Crippen LogP contribution is -2.16. The number of ether oxygens (including phenoxy) is 1. The van der Waals surface area contributed by atoms with Crippen molar-refractivity contribution in [1.29, 1.82) is 0 Å². The average Bonchev–Trinajstić information content (AvgIpc) is 2.44. The molecule has 2 heteroatoms. The van der Waals surface area contributed by atoms with Gasteiger partial charge in [0, 0.05) is 24.9 Å². The molecular weight excluding hydrogens is 222 g/mol. The zero-order valence-electron chi connectivity index (χ0n) is 11.4. The third-order valence-electron chi connectivity index (χ3n) is 3.41. The van der Waals surface area contributed by atoms with Crippen molar-refractivity contribution in [2.75, 3.05) is 20.2 Å². The summed E-state index contributed by atoms with van der Waals surface area (Å²) in [5, 5.41) is 0. The first-order chi connectivity index (χ1) is 8.80. The van der Waals surface area contributed by atoms with E-state index < -0.39 is 0 Å². The van der Waals surface area contributed by atoms with E-state index in [1.54, 1.807) is 7.11 Å². The minimum atomic E-state index is 0.953. The Morgan fingerprint density at radius 3 is 2.72 bits per heavy atom. The quantitative estimate of drug-likeness (QED) is 0.797. The van der Waals surface area contributed by atoms with E-state index in [2.05, 4.69) is 49.2 Å². The van der Waals surface area contributed by atoms with Gasteiger partial charge in [0.05, 0.1) is 7.11 Å². The molecule has 0 aromatic heterocycles. The molecule has 0 saturated heterocycles. The van der Waals surface area contributed by atoms with Gasteiger partial charge >= 0.3 is 0 Å². The molecule has 2 nitrogen and oxygen atoms in total. The van der Waals surface area contributed by atoms with Crippen LogP contribution >= 0.6 is 0 Å². The van der Waals surface area contributed by atoms with Gasteiger partial charge in [-0.25, -0.2) is 0 Å². The van der Waals surface area contributed by atoms with Gasteiger partial charge < -0.3 is 9.64 Å². The Morgan fingerprint density at radius 2 is 2.06 bits per heavy atom. The second-order valence-corrected chi connectivity index (χ2v) is 4.40. The first-order valence-corrected chi connectivity index (χ1v) is 6.58. The molecule has 1 aliphatic carbocycles. The number of nitrogens with zero attached hydrogens (tertiary/aromatic N) is 1. The fourth-order valence-corrected chi connectivity index (χ4v) is 2.34. The van der Waals surface area contributed by atoms with E-state index in [0.717, 1.165) is 25.3 Å². The lowest BCUT2D eigenvalue weighted by Gasteiger charge is -2.21. The largest absolute Gasteiger partial charge is 0.496 e. The van der Waals surface area contributed by atoms with Crippen LogP contribution in [0, 0.1) is 0 Å². The maximum atomic E-state index is 5.43. The van der Waals surface area contributed by atoms with Gasteiger partial charge in [-0.05, 0) is 37.5 Å². The Bertz CT molecular complexity index is 470. The second-order valence-electron chi connectivity index (χ2n) is 4.40. The maximum absolute atomic E-state index is 5.43. The molecule has 1 aromatic carbocycles. The first kappa shape index (κ1) is 12.7. The van der Waals surface area contributed by atoms with E-state index >= 15 is 0 Å². The van der Waals surface area contributed by atoms with E-state index in [0.29, 0.717) is 0 Å². The Balaban J connectivity index is 2.42. The SMILES string of the molecule is CCN(C=C1CC=Cc2c(OC)cccc21)CC. The molecular formula is C16H21NO. The van der Waals surface area contributed by atoms with Gasteiger partial charge in [-0.1, -0.05) is 24.3 Å². The smallest absolute Gasteiger partial charge is 0.126 e. The summed E-state index contributed by atoms with van der Waals surface area (Å²) in [6.45, 7) is 6.46. The van der Waals surface area contributed by atoms with Crippen molar-refractivity contribution in [3.8, 4) is 5.75 Å². The molecule has 1 aliphatic rings. The predicted molar refractivity (Wildman–Crippen MR) is 77.5 cm³/mol. The van der Waals surface area contributed by atoms with Crippen LogP contribution in [0.25, 0.3) is 11.6 Å². The van der Waals surface area contributed by atoms with Crippen LogP contribution in [-0.4, -0.2) is 25.1 Å². The van der Waals surface area contributed by atoms with E-state index in [4.69, 9.17) is 4.74 Å². The zero-order valence-corrected chi connectivity index (χ0v) is 11.4. The van der Waals surface area contributed by atoms with E-state index in [1.165, 1.54) is 16.7 Å². The summed E-state index contributed by atoms with van der Waals surface area (Å²) < 4.78 is 5.43. The molecule has 0 spiro atoms. The van der Waals surface area contributed by atoms with Gasteiger partial charge in [0.2, 0.25) is 0 Å². The number of rotatable bonds is 4. The van der Waals surface area contributed by atoms with Gasteiger partial charge in [-0.15, -0.1) is 0 Å². The molecule has 18 heavy (non-hydrogen) atoms. The van der Waals surface area contributed by atoms with Crippen LogP contribution in [0.3, 0.4) is 0 Å². The summed E-state index contributed by atoms with van der Waals surface area (Å²) in [6, 6.07) is 6.26. The van der Waals surface area contributed by atoms with Crippen molar-refractivity contribution in [2.24, 2.45) is 0 Å². The minimum Gasteiger partial charge on any atom is -0.496 e. The number of hydrogen-bond donors (Lipinski definition) is 0. The molecule has 0 amide bonds. The van der Waals surface area contributed by atoms with Crippen molar-refractivity contribution in [3.63, 3.8) is 0 Å². The summed E-state index contributed by atoms with van der Waals surface area (Å²) in [5.41, 5.74) is 3.86. The van der Waals surface area contributed by atoms with Gasteiger partial charge in [-0.2, -0.15) is 0 Å². The molecule has 0 radical (unpaired) electrons. The normalized spacial score (nSPS) is 15.6. The predicted octanol–water partition coefficient (Wildman–Crippen LogP) is 3.79. The number of allylic oxidation sites excluding steroid dienone is 2. The van der Waals surface area contributed by atoms with E-state index in [9.17, 15) is 0 Å². The minimum absolute atomic E-state index is 0.953. The molecule has 0 heterocycles. The Morgan fingerprint density at radius 1 is 1.28 bits per heavy atom. The number of benzene rings is 1. The Hall–Kier alpha value is -1.70. The van der Waals surface area contributed by atoms with Crippen molar-refractivity contribution >= 4 is 11.6 Å². The van der Waals surface area contributed by atoms with Crippen LogP contribution in [-0.2, 0) is 0 Å². The molecule has 2 rings (SSSR count). The fourth-order valence-electron chi connectivity index (χ4n) is 2.34. The summed E-state index contributed by atoms with van der Waals surface area (Å²) in [5.74, 6) is 0.953. The monoisotopic (exact) mass is 243 g/mol. The summed E-state index contributed by atoms with van der Waals surface area (Å²) in [7, 11) is 1.73. The molecule has 0 fully saturated rings. The van der Waals surface area contributed by atoms with Gasteiger partial charge in [-0.3, -0.25) is 0 Å². The zero-order chi connectivity index (χ0) is 13.0. The maximum Gasteiger partial charge on any atom is 0.126 e. The molecule has 0 aliphatic heterocycles. The number of hydrogen-bond acceptors (Lipinski definition) is 2. The molecule has 0 N–H and O–H groups in total. The highest BCUT2D eigenvalue weighted by molar-refractivity contribution is 5.81. The highest BCUT2D eigenvalue weighted by Crippen LogP contribution is 2.34. The van der Waals surface area contributed by atoms with Crippen LogP contribution in [0.4, 0.5) is 0 Å². The van der Waals surface area contributed by atoms with Crippen LogP contribution in [0.5, 0.6) is 5.75 Å². The molecule has 0 unspecified atom stereocenters. The molecule has 96 valence electrons. The van der Waals surface area contributed by atoms with Gasteiger partial charge in [0.1, 0.15) is 5.75 Å². The second kappa shape index (κ2) is 5.76. The molecule has 0 bridgehead atoms. The molecule has 1 aromatic rings. The Kier molecular flexibility index (Phi) is 4.08. The summed E-state index contributed by atoms with van der Waals surface area (Å²) in [6.07, 6.45) is 7.65. The topological polar surface area (TPSA) is 12.5 Å². The highest BCUT2D eigenvalue weighted by atomic mass is 16.5. The third kappa shape index (κ3) is 2.42. The third-order valence-corrected chi connectivity index (χ3v) is 3.41. The highest BCUT2D eigenvalue weighted by Gasteiger charge is 2.14. The standard InChI is InChI=1S/C16H21NO/c1-4-17(5-2)12-13-8-6-10-15-14(13)9-7-11-16(15)18-3/h6-7,9-12H,4-5,8H2,1-3H3. The van der Waals surface area contributed by atoms with Crippen molar-refractivity contribution in [3.05, 3.63) is 41.6 Å². The molecule has 0 saturated carbocycles. The summed E-state index contributed by atoms with van der Waals surface area (Å²) in [4.78, 5) is 2.33. The van der Waals surface area contributed by atoms with Crippen LogP contribution in [0.2, 0.25) is 0 Å². The summed E-state index contributed by atoms with van der Waals surface area (Å²) >= 11 is 0. The lowest BCUT2D eigenvalue weighted by atomic mass is 9.92. The lowest BCUT2D eigenvalue weighted by molar-refractivity contribution is 0.413. The van der Waals surface area contributed by atoms with Crippen molar-refractivity contribution < 1.29 is 4.74 Å². The van der Waals surface area contributed by atoms with E-state index in [1.807, 2.05) is 6.07 Å². The van der Waals surface area contributed by atoms with Gasteiger partial charge in [0.25, 0.3) is 0 Å². The molecule has 0 atom stereocenters. The van der Waals surface area contributed by atoms with Crippen LogP contribution in [0.1, 0.15) is 31.4 Å².